The van der Waals surface area contributed by atoms with Crippen LogP contribution in [0.4, 0.5) is 4.39 Å². The molecule has 0 heterocycles. The molecule has 0 spiro atoms. The van der Waals surface area contributed by atoms with E-state index in [-0.39, 0.29) is 17.6 Å². The predicted octanol–water partition coefficient (Wildman–Crippen LogP) is 3.22. The van der Waals surface area contributed by atoms with Crippen molar-refractivity contribution in [1.82, 2.24) is 5.32 Å². The van der Waals surface area contributed by atoms with Gasteiger partial charge in [-0.1, -0.05) is 6.42 Å². The minimum absolute atomic E-state index is 0.202. The molecule has 0 saturated heterocycles. The highest BCUT2D eigenvalue weighted by molar-refractivity contribution is 7.99. The van der Waals surface area contributed by atoms with Crippen molar-refractivity contribution < 1.29 is 9.18 Å². The molecule has 1 fully saturated rings. The van der Waals surface area contributed by atoms with E-state index < -0.39 is 0 Å². The van der Waals surface area contributed by atoms with E-state index in [1.165, 1.54) is 18.6 Å². The molecule has 1 aliphatic rings. The predicted molar refractivity (Wildman–Crippen MR) is 72.1 cm³/mol. The maximum absolute atomic E-state index is 12.7. The zero-order valence-corrected chi connectivity index (χ0v) is 11.1. The van der Waals surface area contributed by atoms with E-state index in [4.69, 9.17) is 0 Å². The Morgan fingerprint density at radius 1 is 1.33 bits per heavy atom. The van der Waals surface area contributed by atoms with Crippen LogP contribution in [0.25, 0.3) is 0 Å². The second-order valence-electron chi connectivity index (χ2n) is 4.57. The lowest BCUT2D eigenvalue weighted by atomic mass is 9.85. The number of amides is 1. The minimum atomic E-state index is -0.202. The lowest BCUT2D eigenvalue weighted by molar-refractivity contribution is -0.127. The molecule has 1 N–H and O–H groups in total. The zero-order valence-electron chi connectivity index (χ0n) is 10.3. The van der Waals surface area contributed by atoms with Crippen molar-refractivity contribution in [3.63, 3.8) is 0 Å². The lowest BCUT2D eigenvalue weighted by Gasteiger charge is -2.23. The average Bonchev–Trinajstić information content (AvgIpc) is 2.29. The Bertz CT molecular complexity index is 389. The molecule has 18 heavy (non-hydrogen) atoms. The van der Waals surface area contributed by atoms with E-state index in [1.807, 2.05) is 0 Å². The molecule has 98 valence electrons. The van der Waals surface area contributed by atoms with E-state index in [1.54, 1.807) is 23.9 Å². The third kappa shape index (κ3) is 4.02. The van der Waals surface area contributed by atoms with Gasteiger partial charge in [-0.2, -0.15) is 0 Å². The fourth-order valence-electron chi connectivity index (χ4n) is 1.82. The molecule has 0 bridgehead atoms. The van der Waals surface area contributed by atoms with Crippen molar-refractivity contribution >= 4 is 17.7 Å². The first-order valence-electron chi connectivity index (χ1n) is 6.42. The summed E-state index contributed by atoms with van der Waals surface area (Å²) in [6.45, 7) is 0.740. The molecule has 2 nitrogen and oxygen atoms in total. The summed E-state index contributed by atoms with van der Waals surface area (Å²) in [4.78, 5) is 12.6. The number of rotatable bonds is 6. The van der Waals surface area contributed by atoms with Crippen LogP contribution in [0.3, 0.4) is 0 Å². The van der Waals surface area contributed by atoms with Gasteiger partial charge in [-0.15, -0.1) is 11.8 Å². The maximum Gasteiger partial charge on any atom is 0.223 e. The Balaban J connectivity index is 1.55. The summed E-state index contributed by atoms with van der Waals surface area (Å²) in [5.41, 5.74) is 0. The van der Waals surface area contributed by atoms with Gasteiger partial charge < -0.3 is 5.32 Å². The lowest BCUT2D eigenvalue weighted by Crippen LogP contribution is -2.35. The molecule has 1 aromatic rings. The summed E-state index contributed by atoms with van der Waals surface area (Å²) in [6, 6.07) is 6.52. The molecular weight excluding hydrogens is 249 g/mol. The smallest absolute Gasteiger partial charge is 0.223 e. The number of hydrogen-bond acceptors (Lipinski definition) is 2. The van der Waals surface area contributed by atoms with Crippen molar-refractivity contribution in [3.05, 3.63) is 30.1 Å². The Hall–Kier alpha value is -1.03. The first-order valence-corrected chi connectivity index (χ1v) is 7.40. The Morgan fingerprint density at radius 2 is 2.06 bits per heavy atom. The molecule has 1 aliphatic carbocycles. The van der Waals surface area contributed by atoms with Crippen LogP contribution in [-0.4, -0.2) is 18.2 Å². The second-order valence-corrected chi connectivity index (χ2v) is 5.74. The van der Waals surface area contributed by atoms with Gasteiger partial charge in [0, 0.05) is 17.4 Å². The molecule has 1 amide bonds. The van der Waals surface area contributed by atoms with Gasteiger partial charge in [0.05, 0.1) is 0 Å². The van der Waals surface area contributed by atoms with Crippen LogP contribution in [-0.2, 0) is 4.79 Å². The number of nitrogens with one attached hydrogen (secondary N) is 1. The van der Waals surface area contributed by atoms with Gasteiger partial charge in [0.2, 0.25) is 5.91 Å². The maximum atomic E-state index is 12.7. The highest BCUT2D eigenvalue weighted by atomic mass is 32.2. The van der Waals surface area contributed by atoms with Crippen molar-refractivity contribution in [2.45, 2.75) is 30.6 Å². The van der Waals surface area contributed by atoms with Gasteiger partial charge in [0.1, 0.15) is 5.82 Å². The van der Waals surface area contributed by atoms with Gasteiger partial charge in [-0.25, -0.2) is 4.39 Å². The topological polar surface area (TPSA) is 29.1 Å². The average molecular weight is 267 g/mol. The number of carbonyl (C=O) groups is 1. The van der Waals surface area contributed by atoms with Crippen molar-refractivity contribution in [3.8, 4) is 0 Å². The SMILES string of the molecule is O=C(NCCCSc1ccc(F)cc1)C1CCC1. The van der Waals surface area contributed by atoms with Gasteiger partial charge in [-0.05, 0) is 49.3 Å². The fraction of sp³-hybridized carbons (Fsp3) is 0.500. The van der Waals surface area contributed by atoms with E-state index in [0.29, 0.717) is 0 Å². The summed E-state index contributed by atoms with van der Waals surface area (Å²) in [7, 11) is 0. The number of hydrogen-bond donors (Lipinski definition) is 1. The molecule has 2 rings (SSSR count). The van der Waals surface area contributed by atoms with Gasteiger partial charge in [0.25, 0.3) is 0 Å². The molecule has 1 saturated carbocycles. The Labute approximate surface area is 111 Å². The number of carbonyl (C=O) groups excluding carboxylic acids is 1. The van der Waals surface area contributed by atoms with Crippen LogP contribution in [0.15, 0.2) is 29.2 Å². The standard InChI is InChI=1S/C14H18FNOS/c15-12-5-7-13(8-6-12)18-10-2-9-16-14(17)11-3-1-4-11/h5-8,11H,1-4,9-10H2,(H,16,17). The van der Waals surface area contributed by atoms with Crippen LogP contribution in [0.5, 0.6) is 0 Å². The fourth-order valence-corrected chi connectivity index (χ4v) is 2.67. The first kappa shape index (κ1) is 13.4. The molecule has 0 unspecified atom stereocenters. The van der Waals surface area contributed by atoms with Crippen molar-refractivity contribution in [2.24, 2.45) is 5.92 Å². The summed E-state index contributed by atoms with van der Waals surface area (Å²) in [5, 5.41) is 2.97. The summed E-state index contributed by atoms with van der Waals surface area (Å²) >= 11 is 1.69. The van der Waals surface area contributed by atoms with Gasteiger partial charge >= 0.3 is 0 Å². The van der Waals surface area contributed by atoms with Crippen LogP contribution in [0.2, 0.25) is 0 Å². The quantitative estimate of drug-likeness (QED) is 0.633. The number of benzene rings is 1. The van der Waals surface area contributed by atoms with Crippen molar-refractivity contribution in [1.29, 1.82) is 0 Å². The first-order chi connectivity index (χ1) is 8.75. The Morgan fingerprint density at radius 3 is 2.67 bits per heavy atom. The summed E-state index contributed by atoms with van der Waals surface area (Å²) in [6.07, 6.45) is 4.24. The van der Waals surface area contributed by atoms with Crippen LogP contribution < -0.4 is 5.32 Å². The van der Waals surface area contributed by atoms with Crippen molar-refractivity contribution in [2.75, 3.05) is 12.3 Å². The molecule has 1 aromatic carbocycles. The third-order valence-electron chi connectivity index (χ3n) is 3.18. The van der Waals surface area contributed by atoms with E-state index in [2.05, 4.69) is 5.32 Å². The van der Waals surface area contributed by atoms with E-state index in [0.717, 1.165) is 36.5 Å². The highest BCUT2D eigenvalue weighted by Crippen LogP contribution is 2.26. The molecular formula is C14H18FNOS. The highest BCUT2D eigenvalue weighted by Gasteiger charge is 2.24. The van der Waals surface area contributed by atoms with Crippen LogP contribution >= 0.6 is 11.8 Å². The van der Waals surface area contributed by atoms with Gasteiger partial charge in [0.15, 0.2) is 0 Å². The van der Waals surface area contributed by atoms with E-state index in [9.17, 15) is 9.18 Å². The van der Waals surface area contributed by atoms with Crippen LogP contribution in [0.1, 0.15) is 25.7 Å². The summed E-state index contributed by atoms with van der Waals surface area (Å²) < 4.78 is 12.7. The minimum Gasteiger partial charge on any atom is -0.356 e. The summed E-state index contributed by atoms with van der Waals surface area (Å²) in [5.74, 6) is 1.23. The molecule has 4 heteroatoms. The molecule has 0 aromatic heterocycles. The zero-order chi connectivity index (χ0) is 12.8. The molecule has 0 radical (unpaired) electrons. The number of halogens is 1. The number of thioether (sulfide) groups is 1. The van der Waals surface area contributed by atoms with Crippen LogP contribution in [0, 0.1) is 11.7 Å². The molecule has 0 atom stereocenters. The monoisotopic (exact) mass is 267 g/mol. The molecule has 0 aliphatic heterocycles. The van der Waals surface area contributed by atoms with Gasteiger partial charge in [-0.3, -0.25) is 4.79 Å². The largest absolute Gasteiger partial charge is 0.356 e. The second kappa shape index (κ2) is 6.78. The normalized spacial score (nSPS) is 15.2. The third-order valence-corrected chi connectivity index (χ3v) is 4.28. The van der Waals surface area contributed by atoms with E-state index >= 15 is 0 Å². The Kier molecular flexibility index (Phi) is 5.05.